The van der Waals surface area contributed by atoms with Crippen molar-refractivity contribution in [1.29, 1.82) is 0 Å². The van der Waals surface area contributed by atoms with Crippen LogP contribution in [0.25, 0.3) is 0 Å². The SMILES string of the molecule is Cc1nc(C2CC2(C)C)[nH]c(=O)c1Br. The molecule has 1 aromatic rings. The summed E-state index contributed by atoms with van der Waals surface area (Å²) in [6, 6.07) is 0. The predicted molar refractivity (Wildman–Crippen MR) is 58.4 cm³/mol. The Morgan fingerprint density at radius 1 is 1.57 bits per heavy atom. The zero-order chi connectivity index (χ0) is 10.5. The largest absolute Gasteiger partial charge is 0.309 e. The molecule has 3 nitrogen and oxygen atoms in total. The fraction of sp³-hybridized carbons (Fsp3) is 0.600. The average molecular weight is 257 g/mol. The van der Waals surface area contributed by atoms with Crippen LogP contribution in [-0.4, -0.2) is 9.97 Å². The quantitative estimate of drug-likeness (QED) is 0.839. The molecule has 0 radical (unpaired) electrons. The minimum absolute atomic E-state index is 0.0739. The summed E-state index contributed by atoms with van der Waals surface area (Å²) in [5.74, 6) is 1.25. The molecular weight excluding hydrogens is 244 g/mol. The molecule has 1 fully saturated rings. The van der Waals surface area contributed by atoms with Crippen molar-refractivity contribution in [3.05, 3.63) is 26.3 Å². The van der Waals surface area contributed by atoms with Gasteiger partial charge in [0.05, 0.1) is 5.69 Å². The zero-order valence-electron chi connectivity index (χ0n) is 8.52. The van der Waals surface area contributed by atoms with E-state index in [0.717, 1.165) is 17.9 Å². The third-order valence-electron chi connectivity index (χ3n) is 2.89. The lowest BCUT2D eigenvalue weighted by atomic mass is 10.1. The predicted octanol–water partition coefficient (Wildman–Crippen LogP) is 2.35. The summed E-state index contributed by atoms with van der Waals surface area (Å²) in [6.45, 7) is 6.22. The maximum atomic E-state index is 11.5. The van der Waals surface area contributed by atoms with Crippen LogP contribution in [0.2, 0.25) is 0 Å². The molecule has 0 saturated heterocycles. The second-order valence-electron chi connectivity index (χ2n) is 4.60. The van der Waals surface area contributed by atoms with E-state index < -0.39 is 0 Å². The molecule has 1 aromatic heterocycles. The van der Waals surface area contributed by atoms with Crippen molar-refractivity contribution in [2.45, 2.75) is 33.1 Å². The molecule has 0 amide bonds. The normalized spacial score (nSPS) is 23.6. The van der Waals surface area contributed by atoms with Gasteiger partial charge in [-0.15, -0.1) is 0 Å². The minimum Gasteiger partial charge on any atom is -0.309 e. The van der Waals surface area contributed by atoms with E-state index in [0.29, 0.717) is 15.8 Å². The summed E-state index contributed by atoms with van der Waals surface area (Å²) >= 11 is 3.21. The van der Waals surface area contributed by atoms with Crippen LogP contribution in [0.5, 0.6) is 0 Å². The molecule has 1 atom stereocenters. The summed E-state index contributed by atoms with van der Waals surface area (Å²) in [6.07, 6.45) is 1.11. The van der Waals surface area contributed by atoms with E-state index in [1.807, 2.05) is 6.92 Å². The summed E-state index contributed by atoms with van der Waals surface area (Å²) in [7, 11) is 0. The summed E-state index contributed by atoms with van der Waals surface area (Å²) in [4.78, 5) is 18.7. The molecule has 76 valence electrons. The number of aromatic amines is 1. The Labute approximate surface area is 91.1 Å². The summed E-state index contributed by atoms with van der Waals surface area (Å²) in [5, 5.41) is 0. The molecule has 14 heavy (non-hydrogen) atoms. The fourth-order valence-electron chi connectivity index (χ4n) is 1.69. The molecule has 0 aliphatic heterocycles. The van der Waals surface area contributed by atoms with Crippen LogP contribution in [0.4, 0.5) is 0 Å². The lowest BCUT2D eigenvalue weighted by Gasteiger charge is -2.04. The number of halogens is 1. The second kappa shape index (κ2) is 2.92. The van der Waals surface area contributed by atoms with Gasteiger partial charge in [-0.2, -0.15) is 0 Å². The zero-order valence-corrected chi connectivity index (χ0v) is 10.1. The number of aryl methyl sites for hydroxylation is 1. The van der Waals surface area contributed by atoms with Gasteiger partial charge in [0.2, 0.25) is 0 Å². The molecular formula is C10H13BrN2O. The number of hydrogen-bond acceptors (Lipinski definition) is 2. The van der Waals surface area contributed by atoms with Crippen molar-refractivity contribution < 1.29 is 0 Å². The van der Waals surface area contributed by atoms with Gasteiger partial charge in [0, 0.05) is 5.92 Å². The highest BCUT2D eigenvalue weighted by molar-refractivity contribution is 9.10. The number of hydrogen-bond donors (Lipinski definition) is 1. The smallest absolute Gasteiger partial charge is 0.265 e. The summed E-state index contributed by atoms with van der Waals surface area (Å²) < 4.78 is 0.541. The topological polar surface area (TPSA) is 45.8 Å². The van der Waals surface area contributed by atoms with E-state index in [4.69, 9.17) is 0 Å². The maximum absolute atomic E-state index is 11.5. The van der Waals surface area contributed by atoms with Gasteiger partial charge in [0.25, 0.3) is 5.56 Å². The molecule has 1 aliphatic rings. The van der Waals surface area contributed by atoms with E-state index in [-0.39, 0.29) is 5.56 Å². The Kier molecular flexibility index (Phi) is 2.07. The highest BCUT2D eigenvalue weighted by atomic mass is 79.9. The standard InChI is InChI=1S/C10H13BrN2O/c1-5-7(11)9(14)13-8(12-5)6-4-10(6,2)3/h6H,4H2,1-3H3,(H,12,13,14). The van der Waals surface area contributed by atoms with E-state index in [2.05, 4.69) is 39.7 Å². The van der Waals surface area contributed by atoms with Gasteiger partial charge in [0.15, 0.2) is 0 Å². The van der Waals surface area contributed by atoms with Crippen molar-refractivity contribution in [2.24, 2.45) is 5.41 Å². The first kappa shape index (κ1) is 9.90. The number of H-pyrrole nitrogens is 1. The van der Waals surface area contributed by atoms with E-state index in [1.165, 1.54) is 0 Å². The van der Waals surface area contributed by atoms with Crippen LogP contribution in [-0.2, 0) is 0 Å². The van der Waals surface area contributed by atoms with Gasteiger partial charge in [-0.3, -0.25) is 4.79 Å². The van der Waals surface area contributed by atoms with Gasteiger partial charge in [-0.1, -0.05) is 13.8 Å². The van der Waals surface area contributed by atoms with Crippen LogP contribution < -0.4 is 5.56 Å². The van der Waals surface area contributed by atoms with Gasteiger partial charge >= 0.3 is 0 Å². The molecule has 1 N–H and O–H groups in total. The van der Waals surface area contributed by atoms with Crippen LogP contribution >= 0.6 is 15.9 Å². The number of nitrogens with zero attached hydrogens (tertiary/aromatic N) is 1. The first-order valence-corrected chi connectivity index (χ1v) is 5.47. The monoisotopic (exact) mass is 256 g/mol. The van der Waals surface area contributed by atoms with Gasteiger partial charge in [-0.25, -0.2) is 4.98 Å². The fourth-order valence-corrected chi connectivity index (χ4v) is 1.88. The lowest BCUT2D eigenvalue weighted by molar-refractivity contribution is 0.606. The van der Waals surface area contributed by atoms with Gasteiger partial charge in [0.1, 0.15) is 10.3 Å². The summed E-state index contributed by atoms with van der Waals surface area (Å²) in [5.41, 5.74) is 0.998. The third-order valence-corrected chi connectivity index (χ3v) is 3.82. The molecule has 1 unspecified atom stereocenters. The third kappa shape index (κ3) is 1.52. The second-order valence-corrected chi connectivity index (χ2v) is 5.39. The Hall–Kier alpha value is -0.640. The molecule has 0 bridgehead atoms. The minimum atomic E-state index is -0.0739. The lowest BCUT2D eigenvalue weighted by Crippen LogP contribution is -2.14. The molecule has 1 heterocycles. The highest BCUT2D eigenvalue weighted by Crippen LogP contribution is 2.57. The van der Waals surface area contributed by atoms with Crippen LogP contribution in [0.3, 0.4) is 0 Å². The molecule has 0 aromatic carbocycles. The van der Waals surface area contributed by atoms with Gasteiger partial charge in [-0.05, 0) is 34.7 Å². The Bertz CT molecular complexity index is 436. The Morgan fingerprint density at radius 3 is 2.57 bits per heavy atom. The van der Waals surface area contributed by atoms with Crippen LogP contribution in [0.15, 0.2) is 9.27 Å². The molecule has 1 saturated carbocycles. The Morgan fingerprint density at radius 2 is 2.14 bits per heavy atom. The van der Waals surface area contributed by atoms with E-state index in [1.54, 1.807) is 0 Å². The van der Waals surface area contributed by atoms with Crippen molar-refractivity contribution in [3.63, 3.8) is 0 Å². The van der Waals surface area contributed by atoms with E-state index in [9.17, 15) is 4.79 Å². The van der Waals surface area contributed by atoms with Crippen LogP contribution in [0.1, 0.15) is 37.7 Å². The number of aromatic nitrogens is 2. The first-order valence-electron chi connectivity index (χ1n) is 4.68. The van der Waals surface area contributed by atoms with Crippen molar-refractivity contribution in [3.8, 4) is 0 Å². The van der Waals surface area contributed by atoms with Crippen molar-refractivity contribution in [2.75, 3.05) is 0 Å². The maximum Gasteiger partial charge on any atom is 0.265 e. The first-order chi connectivity index (χ1) is 6.42. The Balaban J connectivity index is 2.43. The molecule has 0 spiro atoms. The molecule has 4 heteroatoms. The molecule has 2 rings (SSSR count). The number of rotatable bonds is 1. The molecule has 1 aliphatic carbocycles. The van der Waals surface area contributed by atoms with Gasteiger partial charge < -0.3 is 4.98 Å². The number of nitrogens with one attached hydrogen (secondary N) is 1. The van der Waals surface area contributed by atoms with E-state index >= 15 is 0 Å². The van der Waals surface area contributed by atoms with Crippen LogP contribution in [0, 0.1) is 12.3 Å². The average Bonchev–Trinajstić information content (AvgIpc) is 2.70. The van der Waals surface area contributed by atoms with Crippen molar-refractivity contribution in [1.82, 2.24) is 9.97 Å². The van der Waals surface area contributed by atoms with Crippen molar-refractivity contribution >= 4 is 15.9 Å². The highest BCUT2D eigenvalue weighted by Gasteiger charge is 2.48.